The molecular weight excluding hydrogens is 364 g/mol. The monoisotopic (exact) mass is 378 g/mol. The van der Waals surface area contributed by atoms with Gasteiger partial charge in [0.15, 0.2) is 11.5 Å². The molecule has 0 radical (unpaired) electrons. The first-order valence-electron chi connectivity index (χ1n) is 7.51. The largest absolute Gasteiger partial charge is 0.454 e. The smallest absolute Gasteiger partial charge is 0.231 e. The Balaban J connectivity index is 1.50. The first-order valence-corrected chi connectivity index (χ1v) is 9.71. The minimum atomic E-state index is 0.170. The molecule has 1 aliphatic heterocycles. The van der Waals surface area contributed by atoms with Gasteiger partial charge in [0, 0.05) is 18.1 Å². The van der Waals surface area contributed by atoms with Gasteiger partial charge in [-0.1, -0.05) is 11.6 Å². The lowest BCUT2D eigenvalue weighted by molar-refractivity contribution is 0.174. The quantitative estimate of drug-likeness (QED) is 0.677. The number of rotatable bonds is 6. The van der Waals surface area contributed by atoms with Crippen LogP contribution in [0.1, 0.15) is 22.2 Å². The fourth-order valence-corrected chi connectivity index (χ4v) is 4.34. The van der Waals surface area contributed by atoms with E-state index in [1.165, 1.54) is 5.56 Å². The zero-order valence-electron chi connectivity index (χ0n) is 12.7. The van der Waals surface area contributed by atoms with Gasteiger partial charge in [0.25, 0.3) is 0 Å². The fraction of sp³-hybridized carbons (Fsp3) is 0.235. The van der Waals surface area contributed by atoms with Gasteiger partial charge in [0.2, 0.25) is 6.79 Å². The van der Waals surface area contributed by atoms with E-state index in [4.69, 9.17) is 21.1 Å². The van der Waals surface area contributed by atoms with E-state index in [0.717, 1.165) is 17.0 Å². The molecule has 124 valence electrons. The van der Waals surface area contributed by atoms with Gasteiger partial charge >= 0.3 is 0 Å². The molecule has 0 spiro atoms. The number of hydrogen-bond donors (Lipinski definition) is 1. The van der Waals surface area contributed by atoms with Crippen LogP contribution in [-0.2, 0) is 13.0 Å². The minimum absolute atomic E-state index is 0.170. The summed E-state index contributed by atoms with van der Waals surface area (Å²) in [5.41, 5.74) is 2.38. The van der Waals surface area contributed by atoms with E-state index < -0.39 is 0 Å². The van der Waals surface area contributed by atoms with Crippen LogP contribution in [0.4, 0.5) is 0 Å². The lowest BCUT2D eigenvalue weighted by atomic mass is 10.1. The SMILES string of the molecule is Clc1cc(CN[C@@H](Cc2ccsc2)c2nccs2)cc2c1OCO2. The molecule has 7 heteroatoms. The van der Waals surface area contributed by atoms with Gasteiger partial charge < -0.3 is 14.8 Å². The number of ether oxygens (including phenoxy) is 2. The molecule has 0 saturated carbocycles. The summed E-state index contributed by atoms with van der Waals surface area (Å²) in [7, 11) is 0. The number of nitrogens with zero attached hydrogens (tertiary/aromatic N) is 1. The van der Waals surface area contributed by atoms with Gasteiger partial charge in [0.1, 0.15) is 5.01 Å². The number of hydrogen-bond acceptors (Lipinski definition) is 6. The van der Waals surface area contributed by atoms with Crippen molar-refractivity contribution in [3.05, 3.63) is 61.7 Å². The molecule has 3 heterocycles. The molecule has 1 aliphatic rings. The molecule has 2 aromatic heterocycles. The fourth-order valence-electron chi connectivity index (χ4n) is 2.66. The van der Waals surface area contributed by atoms with Crippen molar-refractivity contribution >= 4 is 34.3 Å². The van der Waals surface area contributed by atoms with Crippen molar-refractivity contribution in [2.24, 2.45) is 0 Å². The van der Waals surface area contributed by atoms with Crippen LogP contribution in [0.3, 0.4) is 0 Å². The third-order valence-electron chi connectivity index (χ3n) is 3.81. The van der Waals surface area contributed by atoms with Gasteiger partial charge in [-0.3, -0.25) is 0 Å². The van der Waals surface area contributed by atoms with Crippen molar-refractivity contribution in [1.82, 2.24) is 10.3 Å². The number of fused-ring (bicyclic) bond motifs is 1. The maximum absolute atomic E-state index is 6.26. The third-order valence-corrected chi connectivity index (χ3v) is 5.71. The van der Waals surface area contributed by atoms with Crippen molar-refractivity contribution in [2.45, 2.75) is 19.0 Å². The maximum Gasteiger partial charge on any atom is 0.231 e. The number of halogens is 1. The summed E-state index contributed by atoms with van der Waals surface area (Å²) in [5.74, 6) is 1.35. The van der Waals surface area contributed by atoms with Crippen LogP contribution in [-0.4, -0.2) is 11.8 Å². The molecule has 0 fully saturated rings. The van der Waals surface area contributed by atoms with Crippen molar-refractivity contribution in [3.8, 4) is 11.5 Å². The van der Waals surface area contributed by atoms with Gasteiger partial charge in [-0.05, 0) is 46.5 Å². The van der Waals surface area contributed by atoms with Crippen LogP contribution in [0.15, 0.2) is 40.5 Å². The van der Waals surface area contributed by atoms with Crippen LogP contribution in [0.25, 0.3) is 0 Å². The van der Waals surface area contributed by atoms with Crippen molar-refractivity contribution < 1.29 is 9.47 Å². The average Bonchev–Trinajstić information content (AvgIpc) is 3.31. The molecule has 24 heavy (non-hydrogen) atoms. The minimum Gasteiger partial charge on any atom is -0.454 e. The summed E-state index contributed by atoms with van der Waals surface area (Å²) < 4.78 is 10.8. The molecule has 3 aromatic rings. The molecule has 0 aliphatic carbocycles. The Bertz CT molecular complexity index is 806. The standard InChI is InChI=1S/C17H15ClN2O2S2/c18-13-5-12(7-15-16(13)22-10-21-15)8-20-14(17-19-2-4-24-17)6-11-1-3-23-9-11/h1-5,7,9,14,20H,6,8,10H2/t14-/m0/s1. The Morgan fingerprint density at radius 2 is 2.21 bits per heavy atom. The van der Waals surface area contributed by atoms with Crippen LogP contribution in [0, 0.1) is 0 Å². The van der Waals surface area contributed by atoms with E-state index in [1.807, 2.05) is 23.7 Å². The average molecular weight is 379 g/mol. The molecule has 0 bridgehead atoms. The molecule has 0 saturated heterocycles. The Kier molecular flexibility index (Phi) is 4.71. The van der Waals surface area contributed by atoms with E-state index in [2.05, 4.69) is 27.1 Å². The highest BCUT2D eigenvalue weighted by molar-refractivity contribution is 7.09. The highest BCUT2D eigenvalue weighted by atomic mass is 35.5. The summed E-state index contributed by atoms with van der Waals surface area (Å²) in [4.78, 5) is 4.47. The summed E-state index contributed by atoms with van der Waals surface area (Å²) >= 11 is 9.65. The van der Waals surface area contributed by atoms with Crippen molar-refractivity contribution in [2.75, 3.05) is 6.79 Å². The summed E-state index contributed by atoms with van der Waals surface area (Å²) in [5, 5.41) is 11.6. The normalized spacial score (nSPS) is 14.0. The predicted molar refractivity (Wildman–Crippen MR) is 97.3 cm³/mol. The van der Waals surface area contributed by atoms with Crippen molar-refractivity contribution in [1.29, 1.82) is 0 Å². The number of thiophene rings is 1. The highest BCUT2D eigenvalue weighted by Crippen LogP contribution is 2.39. The predicted octanol–water partition coefficient (Wildman–Crippen LogP) is 4.66. The zero-order chi connectivity index (χ0) is 16.4. The molecular formula is C17H15ClN2O2S2. The third kappa shape index (κ3) is 3.42. The topological polar surface area (TPSA) is 43.4 Å². The first-order chi connectivity index (χ1) is 11.8. The van der Waals surface area contributed by atoms with Crippen LogP contribution < -0.4 is 14.8 Å². The second kappa shape index (κ2) is 7.11. The molecule has 0 amide bonds. The molecule has 4 nitrogen and oxygen atoms in total. The lowest BCUT2D eigenvalue weighted by Crippen LogP contribution is -2.22. The molecule has 4 rings (SSSR count). The van der Waals surface area contributed by atoms with Crippen LogP contribution in [0.5, 0.6) is 11.5 Å². The number of benzene rings is 1. The summed E-state index contributed by atoms with van der Waals surface area (Å²) in [6.07, 6.45) is 2.76. The van der Waals surface area contributed by atoms with E-state index >= 15 is 0 Å². The van der Waals surface area contributed by atoms with Gasteiger partial charge in [-0.25, -0.2) is 4.98 Å². The van der Waals surface area contributed by atoms with Crippen LogP contribution >= 0.6 is 34.3 Å². The van der Waals surface area contributed by atoms with E-state index in [1.54, 1.807) is 22.7 Å². The molecule has 1 aromatic carbocycles. The number of thiazole rings is 1. The highest BCUT2D eigenvalue weighted by Gasteiger charge is 2.19. The van der Waals surface area contributed by atoms with Crippen LogP contribution in [0.2, 0.25) is 5.02 Å². The van der Waals surface area contributed by atoms with E-state index in [0.29, 0.717) is 23.1 Å². The molecule has 1 atom stereocenters. The zero-order valence-corrected chi connectivity index (χ0v) is 15.1. The summed E-state index contributed by atoms with van der Waals surface area (Å²) in [6, 6.07) is 6.23. The van der Waals surface area contributed by atoms with Crippen molar-refractivity contribution in [3.63, 3.8) is 0 Å². The van der Waals surface area contributed by atoms with Gasteiger partial charge in [-0.15, -0.1) is 11.3 Å². The van der Waals surface area contributed by atoms with E-state index in [9.17, 15) is 0 Å². The number of nitrogens with one attached hydrogen (secondary N) is 1. The second-order valence-corrected chi connectivity index (χ2v) is 7.56. The van der Waals surface area contributed by atoms with Gasteiger partial charge in [0.05, 0.1) is 11.1 Å². The Hall–Kier alpha value is -1.60. The number of aromatic nitrogens is 1. The Morgan fingerprint density at radius 1 is 1.25 bits per heavy atom. The van der Waals surface area contributed by atoms with Gasteiger partial charge in [-0.2, -0.15) is 11.3 Å². The molecule has 1 N–H and O–H groups in total. The summed E-state index contributed by atoms with van der Waals surface area (Å²) in [6.45, 7) is 0.913. The first kappa shape index (κ1) is 15.9. The molecule has 0 unspecified atom stereocenters. The lowest BCUT2D eigenvalue weighted by Gasteiger charge is -2.16. The second-order valence-electron chi connectivity index (χ2n) is 5.45. The Morgan fingerprint density at radius 3 is 3.00 bits per heavy atom. The van der Waals surface area contributed by atoms with E-state index in [-0.39, 0.29) is 12.8 Å². The maximum atomic E-state index is 6.26. The Labute approximate surface area is 153 Å².